The van der Waals surface area contributed by atoms with Gasteiger partial charge in [0.25, 0.3) is 0 Å². The fourth-order valence-corrected chi connectivity index (χ4v) is 2.08. The molecule has 1 aromatic rings. The Labute approximate surface area is 90.5 Å². The molecule has 5 heteroatoms. The van der Waals surface area contributed by atoms with Crippen LogP contribution in [0, 0.1) is 6.92 Å². The van der Waals surface area contributed by atoms with Crippen molar-refractivity contribution < 1.29 is 0 Å². The minimum atomic E-state index is 0.408. The Morgan fingerprint density at radius 1 is 1.47 bits per heavy atom. The fraction of sp³-hybridized carbons (Fsp3) is 0.800. The summed E-state index contributed by atoms with van der Waals surface area (Å²) in [5, 5.41) is 11.4. The van der Waals surface area contributed by atoms with Crippen molar-refractivity contribution in [3.05, 3.63) is 11.9 Å². The van der Waals surface area contributed by atoms with Crippen molar-refractivity contribution in [2.45, 2.75) is 19.9 Å². The third-order valence-corrected chi connectivity index (χ3v) is 2.90. The molecule has 1 atom stereocenters. The van der Waals surface area contributed by atoms with Crippen molar-refractivity contribution in [3.8, 4) is 0 Å². The molecule has 1 aliphatic heterocycles. The predicted molar refractivity (Wildman–Crippen MR) is 58.8 cm³/mol. The first-order valence-corrected chi connectivity index (χ1v) is 5.57. The molecule has 0 aromatic carbocycles. The Kier molecular flexibility index (Phi) is 3.33. The molecule has 0 saturated carbocycles. The zero-order chi connectivity index (χ0) is 10.7. The van der Waals surface area contributed by atoms with Gasteiger partial charge in [0.2, 0.25) is 0 Å². The third kappa shape index (κ3) is 2.54. The standard InChI is InChI=1S/C10H19N5/c1-9-7-12-13-15(9)10(2)8-14-5-3-11-4-6-14/h7,10-11H,3-6,8H2,1-2H3. The van der Waals surface area contributed by atoms with Crippen molar-refractivity contribution in [1.29, 1.82) is 0 Å². The number of rotatable bonds is 3. The van der Waals surface area contributed by atoms with Crippen LogP contribution in [-0.2, 0) is 0 Å². The quantitative estimate of drug-likeness (QED) is 0.764. The van der Waals surface area contributed by atoms with Crippen LogP contribution in [0.5, 0.6) is 0 Å². The first-order chi connectivity index (χ1) is 7.27. The van der Waals surface area contributed by atoms with Gasteiger partial charge in [-0.25, -0.2) is 4.68 Å². The monoisotopic (exact) mass is 209 g/mol. The van der Waals surface area contributed by atoms with E-state index in [-0.39, 0.29) is 0 Å². The van der Waals surface area contributed by atoms with Gasteiger partial charge >= 0.3 is 0 Å². The molecule has 0 aliphatic carbocycles. The topological polar surface area (TPSA) is 46.0 Å². The lowest BCUT2D eigenvalue weighted by Gasteiger charge is -2.29. The van der Waals surface area contributed by atoms with E-state index in [1.807, 2.05) is 17.8 Å². The molecule has 15 heavy (non-hydrogen) atoms. The molecule has 0 bridgehead atoms. The van der Waals surface area contributed by atoms with Crippen LogP contribution in [0.1, 0.15) is 18.7 Å². The summed E-state index contributed by atoms with van der Waals surface area (Å²) >= 11 is 0. The maximum atomic E-state index is 4.11. The van der Waals surface area contributed by atoms with Crippen molar-refractivity contribution in [2.24, 2.45) is 0 Å². The number of hydrogen-bond donors (Lipinski definition) is 1. The summed E-state index contributed by atoms with van der Waals surface area (Å²) in [6, 6.07) is 0.408. The Morgan fingerprint density at radius 2 is 2.20 bits per heavy atom. The average Bonchev–Trinajstić information content (AvgIpc) is 2.66. The van der Waals surface area contributed by atoms with Crippen molar-refractivity contribution >= 4 is 0 Å². The number of nitrogens with one attached hydrogen (secondary N) is 1. The van der Waals surface area contributed by atoms with Gasteiger partial charge in [0.1, 0.15) is 0 Å². The fourth-order valence-electron chi connectivity index (χ4n) is 2.08. The van der Waals surface area contributed by atoms with Crippen molar-refractivity contribution in [1.82, 2.24) is 25.2 Å². The van der Waals surface area contributed by atoms with Crippen LogP contribution < -0.4 is 5.32 Å². The molecule has 1 fully saturated rings. The molecule has 1 unspecified atom stereocenters. The predicted octanol–water partition coefficient (Wildman–Crippen LogP) is 0.0527. The smallest absolute Gasteiger partial charge is 0.0722 e. The van der Waals surface area contributed by atoms with Gasteiger partial charge in [0.05, 0.1) is 17.9 Å². The molecule has 0 radical (unpaired) electrons. The molecule has 0 spiro atoms. The Balaban J connectivity index is 1.91. The average molecular weight is 209 g/mol. The van der Waals surface area contributed by atoms with E-state index in [2.05, 4.69) is 27.5 Å². The minimum Gasteiger partial charge on any atom is -0.314 e. The van der Waals surface area contributed by atoms with Gasteiger partial charge in [0.15, 0.2) is 0 Å². The second kappa shape index (κ2) is 4.72. The molecule has 1 aliphatic rings. The molecule has 1 N–H and O–H groups in total. The summed E-state index contributed by atoms with van der Waals surface area (Å²) in [6.45, 7) is 9.78. The molecule has 2 heterocycles. The van der Waals surface area contributed by atoms with Crippen LogP contribution in [0.2, 0.25) is 0 Å². The van der Waals surface area contributed by atoms with Gasteiger partial charge in [-0.2, -0.15) is 0 Å². The van der Waals surface area contributed by atoms with E-state index < -0.39 is 0 Å². The van der Waals surface area contributed by atoms with Gasteiger partial charge in [-0.15, -0.1) is 5.10 Å². The highest BCUT2D eigenvalue weighted by molar-refractivity contribution is 4.91. The zero-order valence-electron chi connectivity index (χ0n) is 9.48. The van der Waals surface area contributed by atoms with E-state index in [1.54, 1.807) is 0 Å². The summed E-state index contributed by atoms with van der Waals surface area (Å²) < 4.78 is 2.00. The number of piperazine rings is 1. The van der Waals surface area contributed by atoms with E-state index in [0.717, 1.165) is 38.4 Å². The second-order valence-corrected chi connectivity index (χ2v) is 4.22. The molecular formula is C10H19N5. The van der Waals surface area contributed by atoms with E-state index >= 15 is 0 Å². The Hall–Kier alpha value is -0.940. The lowest BCUT2D eigenvalue weighted by molar-refractivity contribution is 0.205. The lowest BCUT2D eigenvalue weighted by Crippen LogP contribution is -2.45. The normalized spacial score (nSPS) is 20.4. The lowest BCUT2D eigenvalue weighted by atomic mass is 10.2. The van der Waals surface area contributed by atoms with E-state index in [1.165, 1.54) is 0 Å². The largest absolute Gasteiger partial charge is 0.314 e. The van der Waals surface area contributed by atoms with Gasteiger partial charge in [-0.1, -0.05) is 5.21 Å². The summed E-state index contributed by atoms with van der Waals surface area (Å²) in [5.41, 5.74) is 1.14. The SMILES string of the molecule is Cc1cnnn1C(C)CN1CCNCC1. The molecular weight excluding hydrogens is 190 g/mol. The van der Waals surface area contributed by atoms with Gasteiger partial charge < -0.3 is 5.32 Å². The zero-order valence-corrected chi connectivity index (χ0v) is 9.48. The molecule has 1 saturated heterocycles. The van der Waals surface area contributed by atoms with Crippen LogP contribution >= 0.6 is 0 Å². The minimum absolute atomic E-state index is 0.408. The Bertz CT molecular complexity index is 303. The molecule has 2 rings (SSSR count). The van der Waals surface area contributed by atoms with Gasteiger partial charge in [-0.05, 0) is 13.8 Å². The summed E-state index contributed by atoms with van der Waals surface area (Å²) in [4.78, 5) is 2.47. The van der Waals surface area contributed by atoms with E-state index in [0.29, 0.717) is 6.04 Å². The van der Waals surface area contributed by atoms with Crippen LogP contribution in [0.4, 0.5) is 0 Å². The highest BCUT2D eigenvalue weighted by Crippen LogP contribution is 2.09. The summed E-state index contributed by atoms with van der Waals surface area (Å²) in [6.07, 6.45) is 1.81. The molecule has 84 valence electrons. The van der Waals surface area contributed by atoms with Crippen LogP contribution in [-0.4, -0.2) is 52.6 Å². The van der Waals surface area contributed by atoms with E-state index in [4.69, 9.17) is 0 Å². The van der Waals surface area contributed by atoms with Crippen LogP contribution in [0.25, 0.3) is 0 Å². The number of aryl methyl sites for hydroxylation is 1. The molecule has 0 amide bonds. The maximum absolute atomic E-state index is 4.11. The van der Waals surface area contributed by atoms with Gasteiger partial charge in [0, 0.05) is 32.7 Å². The highest BCUT2D eigenvalue weighted by Gasteiger charge is 2.15. The number of hydrogen-bond acceptors (Lipinski definition) is 4. The summed E-state index contributed by atoms with van der Waals surface area (Å²) in [5.74, 6) is 0. The highest BCUT2D eigenvalue weighted by atomic mass is 15.4. The van der Waals surface area contributed by atoms with Crippen LogP contribution in [0.3, 0.4) is 0 Å². The maximum Gasteiger partial charge on any atom is 0.0722 e. The molecule has 1 aromatic heterocycles. The number of aromatic nitrogens is 3. The first-order valence-electron chi connectivity index (χ1n) is 5.57. The van der Waals surface area contributed by atoms with Crippen LogP contribution in [0.15, 0.2) is 6.20 Å². The van der Waals surface area contributed by atoms with E-state index in [9.17, 15) is 0 Å². The second-order valence-electron chi connectivity index (χ2n) is 4.22. The van der Waals surface area contributed by atoms with Crippen molar-refractivity contribution in [2.75, 3.05) is 32.7 Å². The Morgan fingerprint density at radius 3 is 2.80 bits per heavy atom. The molecule has 5 nitrogen and oxygen atoms in total. The van der Waals surface area contributed by atoms with Crippen molar-refractivity contribution in [3.63, 3.8) is 0 Å². The third-order valence-electron chi connectivity index (χ3n) is 2.90. The number of nitrogens with zero attached hydrogens (tertiary/aromatic N) is 4. The summed E-state index contributed by atoms with van der Waals surface area (Å²) in [7, 11) is 0. The first kappa shape index (κ1) is 10.6. The van der Waals surface area contributed by atoms with Gasteiger partial charge in [-0.3, -0.25) is 4.90 Å².